The van der Waals surface area contributed by atoms with Gasteiger partial charge in [-0.2, -0.15) is 0 Å². The lowest BCUT2D eigenvalue weighted by Crippen LogP contribution is -2.43. The van der Waals surface area contributed by atoms with Crippen LogP contribution in [0.25, 0.3) is 0 Å². The molecule has 1 unspecified atom stereocenters. The van der Waals surface area contributed by atoms with Gasteiger partial charge in [-0.25, -0.2) is 4.79 Å². The summed E-state index contributed by atoms with van der Waals surface area (Å²) in [4.78, 5) is 22.8. The predicted molar refractivity (Wildman–Crippen MR) is 74.6 cm³/mol. The number of rotatable bonds is 4. The number of nitrogens with one attached hydrogen (secondary N) is 3. The molecule has 1 aromatic heterocycles. The molecule has 1 saturated heterocycles. The highest BCUT2D eigenvalue weighted by Crippen LogP contribution is 2.14. The highest BCUT2D eigenvalue weighted by molar-refractivity contribution is 5.90. The molecule has 0 bridgehead atoms. The molecule has 1 fully saturated rings. The van der Waals surface area contributed by atoms with E-state index in [1.807, 2.05) is 0 Å². The molecular weight excluding hydrogens is 272 g/mol. The molecule has 1 atom stereocenters. The second-order valence-electron chi connectivity index (χ2n) is 5.44. The van der Waals surface area contributed by atoms with E-state index in [9.17, 15) is 9.59 Å². The quantitative estimate of drug-likeness (QED) is 0.686. The van der Waals surface area contributed by atoms with Gasteiger partial charge in [0, 0.05) is 32.5 Å². The maximum absolute atomic E-state index is 11.9. The average Bonchev–Trinajstić information content (AvgIpc) is 2.99. The summed E-state index contributed by atoms with van der Waals surface area (Å²) in [6.45, 7) is 1.81. The van der Waals surface area contributed by atoms with Crippen molar-refractivity contribution < 1.29 is 9.59 Å². The molecule has 3 amide bonds. The van der Waals surface area contributed by atoms with Gasteiger partial charge in [0.1, 0.15) is 17.7 Å². The molecule has 8 heteroatoms. The lowest BCUT2D eigenvalue weighted by atomic mass is 10.2. The number of carbonyl (C=O) groups is 2. The second kappa shape index (κ2) is 6.11. The van der Waals surface area contributed by atoms with E-state index in [2.05, 4.69) is 30.7 Å². The second-order valence-corrected chi connectivity index (χ2v) is 5.44. The highest BCUT2D eigenvalue weighted by Gasteiger charge is 2.26. The van der Waals surface area contributed by atoms with Crippen LogP contribution in [0.2, 0.25) is 0 Å². The number of hydrogen-bond donors (Lipinski definition) is 3. The number of hydrogen-bond acceptors (Lipinski definition) is 4. The maximum atomic E-state index is 11.9. The Bertz CT molecular complexity index is 541. The third kappa shape index (κ3) is 3.14. The first-order valence-corrected chi connectivity index (χ1v) is 7.47. The van der Waals surface area contributed by atoms with Gasteiger partial charge in [0.2, 0.25) is 5.91 Å². The molecule has 0 aliphatic carbocycles. The van der Waals surface area contributed by atoms with Crippen LogP contribution in [0.15, 0.2) is 0 Å². The summed E-state index contributed by atoms with van der Waals surface area (Å²) in [6, 6.07) is -0.772. The fourth-order valence-electron chi connectivity index (χ4n) is 2.76. The predicted octanol–water partition coefficient (Wildman–Crippen LogP) is -0.655. The molecular formula is C13H20N6O2. The Balaban J connectivity index is 1.50. The number of aromatic nitrogens is 3. The molecule has 3 heterocycles. The van der Waals surface area contributed by atoms with Crippen molar-refractivity contribution in [2.75, 3.05) is 13.1 Å². The van der Waals surface area contributed by atoms with Crippen LogP contribution in [0.1, 0.15) is 30.9 Å². The minimum atomic E-state index is -0.479. The highest BCUT2D eigenvalue weighted by atomic mass is 16.2. The van der Waals surface area contributed by atoms with Gasteiger partial charge in [-0.1, -0.05) is 6.42 Å². The Kier molecular flexibility index (Phi) is 4.03. The molecule has 0 spiro atoms. The molecule has 1 aromatic rings. The molecule has 2 aliphatic rings. The van der Waals surface area contributed by atoms with Crippen LogP contribution in [0.5, 0.6) is 0 Å². The topological polar surface area (TPSA) is 101 Å². The van der Waals surface area contributed by atoms with E-state index in [1.165, 1.54) is 12.8 Å². The van der Waals surface area contributed by atoms with E-state index in [-0.39, 0.29) is 11.9 Å². The molecule has 0 radical (unpaired) electrons. The first kappa shape index (κ1) is 13.8. The smallest absolute Gasteiger partial charge is 0.315 e. The Labute approximate surface area is 122 Å². The third-order valence-electron chi connectivity index (χ3n) is 3.92. The molecule has 2 aliphatic heterocycles. The summed E-state index contributed by atoms with van der Waals surface area (Å²) in [6.07, 6.45) is 5.20. The summed E-state index contributed by atoms with van der Waals surface area (Å²) < 4.78 is 2.18. The van der Waals surface area contributed by atoms with Crippen molar-refractivity contribution >= 4 is 11.9 Å². The number of aryl methyl sites for hydroxylation is 1. The Morgan fingerprint density at radius 2 is 2.24 bits per heavy atom. The van der Waals surface area contributed by atoms with Gasteiger partial charge in [0.15, 0.2) is 0 Å². The van der Waals surface area contributed by atoms with Gasteiger partial charge >= 0.3 is 6.03 Å². The molecule has 114 valence electrons. The van der Waals surface area contributed by atoms with Gasteiger partial charge < -0.3 is 20.5 Å². The molecule has 0 aromatic carbocycles. The van der Waals surface area contributed by atoms with E-state index in [1.54, 1.807) is 0 Å². The number of fused-ring (bicyclic) bond motifs is 1. The maximum Gasteiger partial charge on any atom is 0.315 e. The number of carbonyl (C=O) groups excluding carboxylic acids is 2. The van der Waals surface area contributed by atoms with Crippen molar-refractivity contribution in [1.82, 2.24) is 30.7 Å². The average molecular weight is 292 g/mol. The summed E-state index contributed by atoms with van der Waals surface area (Å²) in [5, 5.41) is 16.4. The SMILES string of the molecule is O=C1NCC(C(=O)NCCc2nnc3n2CCCCC3)N1. The molecule has 8 nitrogen and oxygen atoms in total. The van der Waals surface area contributed by atoms with Gasteiger partial charge in [0.25, 0.3) is 0 Å². The Morgan fingerprint density at radius 1 is 1.33 bits per heavy atom. The van der Waals surface area contributed by atoms with Crippen LogP contribution in [-0.4, -0.2) is 45.8 Å². The summed E-state index contributed by atoms with van der Waals surface area (Å²) in [5.74, 6) is 1.82. The zero-order valence-electron chi connectivity index (χ0n) is 11.9. The molecule has 3 rings (SSSR count). The molecule has 0 saturated carbocycles. The van der Waals surface area contributed by atoms with Crippen LogP contribution < -0.4 is 16.0 Å². The standard InChI is InChI=1S/C13H20N6O2/c20-12(9-8-15-13(21)16-9)14-6-5-11-18-17-10-4-2-1-3-7-19(10)11/h9H,1-8H2,(H,14,20)(H2,15,16,21). The normalized spacial score (nSPS) is 21.1. The number of urea groups is 1. The first-order valence-electron chi connectivity index (χ1n) is 7.47. The zero-order chi connectivity index (χ0) is 14.7. The van der Waals surface area contributed by atoms with E-state index >= 15 is 0 Å². The minimum absolute atomic E-state index is 0.163. The van der Waals surface area contributed by atoms with Gasteiger partial charge in [-0.3, -0.25) is 4.79 Å². The third-order valence-corrected chi connectivity index (χ3v) is 3.92. The Hall–Kier alpha value is -2.12. The fourth-order valence-corrected chi connectivity index (χ4v) is 2.76. The number of nitrogens with zero attached hydrogens (tertiary/aromatic N) is 3. The van der Waals surface area contributed by atoms with Crippen molar-refractivity contribution in [3.63, 3.8) is 0 Å². The lowest BCUT2D eigenvalue weighted by molar-refractivity contribution is -0.122. The first-order chi connectivity index (χ1) is 10.2. The van der Waals surface area contributed by atoms with Crippen LogP contribution in [0, 0.1) is 0 Å². The summed E-state index contributed by atoms with van der Waals surface area (Å²) in [5.41, 5.74) is 0. The van der Waals surface area contributed by atoms with E-state index in [4.69, 9.17) is 0 Å². The van der Waals surface area contributed by atoms with Crippen LogP contribution in [-0.2, 0) is 24.2 Å². The van der Waals surface area contributed by atoms with Crippen LogP contribution >= 0.6 is 0 Å². The van der Waals surface area contributed by atoms with E-state index in [0.717, 1.165) is 31.0 Å². The van der Waals surface area contributed by atoms with E-state index in [0.29, 0.717) is 19.5 Å². The van der Waals surface area contributed by atoms with Gasteiger partial charge in [0.05, 0.1) is 0 Å². The minimum Gasteiger partial charge on any atom is -0.354 e. The van der Waals surface area contributed by atoms with Crippen molar-refractivity contribution in [1.29, 1.82) is 0 Å². The summed E-state index contributed by atoms with van der Waals surface area (Å²) in [7, 11) is 0. The Morgan fingerprint density at radius 3 is 3.05 bits per heavy atom. The largest absolute Gasteiger partial charge is 0.354 e. The van der Waals surface area contributed by atoms with Crippen LogP contribution in [0.3, 0.4) is 0 Å². The van der Waals surface area contributed by atoms with Gasteiger partial charge in [-0.05, 0) is 12.8 Å². The molecule has 3 N–H and O–H groups in total. The van der Waals surface area contributed by atoms with Crippen molar-refractivity contribution in [2.24, 2.45) is 0 Å². The van der Waals surface area contributed by atoms with Crippen molar-refractivity contribution in [3.05, 3.63) is 11.6 Å². The summed E-state index contributed by atoms with van der Waals surface area (Å²) >= 11 is 0. The number of amides is 3. The zero-order valence-corrected chi connectivity index (χ0v) is 11.9. The van der Waals surface area contributed by atoms with Crippen LogP contribution in [0.4, 0.5) is 4.79 Å². The molecule has 21 heavy (non-hydrogen) atoms. The lowest BCUT2D eigenvalue weighted by Gasteiger charge is -2.10. The van der Waals surface area contributed by atoms with Crippen molar-refractivity contribution in [3.8, 4) is 0 Å². The van der Waals surface area contributed by atoms with Crippen molar-refractivity contribution in [2.45, 2.75) is 44.7 Å². The van der Waals surface area contributed by atoms with E-state index < -0.39 is 6.04 Å². The van der Waals surface area contributed by atoms with Gasteiger partial charge in [-0.15, -0.1) is 10.2 Å². The monoisotopic (exact) mass is 292 g/mol. The fraction of sp³-hybridized carbons (Fsp3) is 0.692.